The molecule has 0 aliphatic carbocycles. The maximum atomic E-state index is 13.8. The van der Waals surface area contributed by atoms with Crippen LogP contribution in [-0.2, 0) is 14.8 Å². The van der Waals surface area contributed by atoms with Gasteiger partial charge in [-0.05, 0) is 25.0 Å². The Morgan fingerprint density at radius 2 is 1.81 bits per heavy atom. The number of rotatable bonds is 4. The zero-order valence-electron chi connectivity index (χ0n) is 11.1. The van der Waals surface area contributed by atoms with Crippen LogP contribution >= 0.6 is 0 Å². The summed E-state index contributed by atoms with van der Waals surface area (Å²) in [5.74, 6) is -2.56. The van der Waals surface area contributed by atoms with Gasteiger partial charge in [0.25, 0.3) is 0 Å². The number of anilines is 1. The summed E-state index contributed by atoms with van der Waals surface area (Å²) >= 11 is 0. The van der Waals surface area contributed by atoms with E-state index >= 15 is 0 Å². The fourth-order valence-corrected chi connectivity index (χ4v) is 3.80. The highest BCUT2D eigenvalue weighted by Gasteiger charge is 2.38. The number of hydrogen-bond acceptors (Lipinski definition) is 5. The highest BCUT2D eigenvalue weighted by atomic mass is 32.2. The lowest BCUT2D eigenvalue weighted by Gasteiger charge is -2.35. The van der Waals surface area contributed by atoms with Crippen LogP contribution in [0.15, 0.2) is 17.0 Å². The number of benzene rings is 1. The molecule has 0 bridgehead atoms. The largest absolute Gasteiger partial charge is 0.399 e. The number of aliphatic hydroxyl groups excluding tert-OH is 1. The molecule has 1 fully saturated rings. The Kier molecular flexibility index (Phi) is 4.47. The monoisotopic (exact) mass is 322 g/mol. The van der Waals surface area contributed by atoms with Crippen molar-refractivity contribution in [3.05, 3.63) is 23.8 Å². The third kappa shape index (κ3) is 3.31. The third-order valence-corrected chi connectivity index (χ3v) is 5.02. The number of nitrogens with two attached hydrogens (primary N) is 1. The number of nitrogen functional groups attached to an aromatic ring is 1. The molecule has 0 spiro atoms. The molecule has 2 rings (SSSR count). The molecule has 4 N–H and O–H groups in total. The number of sulfonamides is 1. The van der Waals surface area contributed by atoms with Crippen molar-refractivity contribution in [3.63, 3.8) is 0 Å². The number of nitrogens with one attached hydrogen (secondary N) is 1. The van der Waals surface area contributed by atoms with Crippen LogP contribution in [0.4, 0.5) is 14.5 Å². The van der Waals surface area contributed by atoms with Gasteiger partial charge in [-0.2, -0.15) is 0 Å². The quantitative estimate of drug-likeness (QED) is 0.695. The van der Waals surface area contributed by atoms with E-state index in [9.17, 15) is 22.3 Å². The summed E-state index contributed by atoms with van der Waals surface area (Å²) in [4.78, 5) is -1.10. The lowest BCUT2D eigenvalue weighted by molar-refractivity contribution is 0.0222. The average Bonchev–Trinajstić information content (AvgIpc) is 2.37. The Morgan fingerprint density at radius 1 is 1.29 bits per heavy atom. The molecule has 0 radical (unpaired) electrons. The number of aliphatic hydroxyl groups is 1. The molecule has 6 nitrogen and oxygen atoms in total. The highest BCUT2D eigenvalue weighted by molar-refractivity contribution is 7.89. The first kappa shape index (κ1) is 16.1. The first-order valence-electron chi connectivity index (χ1n) is 6.27. The second-order valence-corrected chi connectivity index (χ2v) is 6.59. The first-order chi connectivity index (χ1) is 9.80. The maximum Gasteiger partial charge on any atom is 0.247 e. The van der Waals surface area contributed by atoms with Crippen molar-refractivity contribution in [1.82, 2.24) is 4.72 Å². The van der Waals surface area contributed by atoms with Gasteiger partial charge in [0.15, 0.2) is 4.90 Å². The molecule has 9 heteroatoms. The fraction of sp³-hybridized carbons (Fsp3) is 0.500. The molecule has 21 heavy (non-hydrogen) atoms. The van der Waals surface area contributed by atoms with Crippen molar-refractivity contribution < 1.29 is 27.0 Å². The SMILES string of the molecule is Nc1cc(F)c(S(=O)(=O)NC2(CO)CCOCC2)c(F)c1. The van der Waals surface area contributed by atoms with Gasteiger partial charge >= 0.3 is 0 Å². The van der Waals surface area contributed by atoms with Crippen LogP contribution in [0.5, 0.6) is 0 Å². The van der Waals surface area contributed by atoms with E-state index in [1.165, 1.54) is 0 Å². The normalized spacial score (nSPS) is 18.6. The van der Waals surface area contributed by atoms with Crippen molar-refractivity contribution >= 4 is 15.7 Å². The van der Waals surface area contributed by atoms with E-state index in [0.717, 1.165) is 12.1 Å². The molecule has 0 aromatic heterocycles. The Balaban J connectivity index is 2.38. The van der Waals surface area contributed by atoms with Gasteiger partial charge < -0.3 is 15.6 Å². The first-order valence-corrected chi connectivity index (χ1v) is 7.75. The molecular weight excluding hydrogens is 306 g/mol. The summed E-state index contributed by atoms with van der Waals surface area (Å²) in [6.45, 7) is -0.000630. The summed E-state index contributed by atoms with van der Waals surface area (Å²) in [7, 11) is -4.48. The van der Waals surface area contributed by atoms with Gasteiger partial charge in [-0.3, -0.25) is 0 Å². The van der Waals surface area contributed by atoms with E-state index in [4.69, 9.17) is 10.5 Å². The maximum absolute atomic E-state index is 13.8. The van der Waals surface area contributed by atoms with Gasteiger partial charge in [-0.1, -0.05) is 0 Å². The Bertz CT molecular complexity index is 607. The zero-order chi connectivity index (χ0) is 15.7. The average molecular weight is 322 g/mol. The van der Waals surface area contributed by atoms with Crippen molar-refractivity contribution in [3.8, 4) is 0 Å². The Labute approximate surface area is 121 Å². The molecule has 0 saturated carbocycles. The lowest BCUT2D eigenvalue weighted by Crippen LogP contribution is -2.54. The topological polar surface area (TPSA) is 102 Å². The van der Waals surface area contributed by atoms with Crippen molar-refractivity contribution in [2.45, 2.75) is 23.3 Å². The van der Waals surface area contributed by atoms with Crippen LogP contribution in [0.3, 0.4) is 0 Å². The fourth-order valence-electron chi connectivity index (χ4n) is 2.23. The molecular formula is C12H16F2N2O4S. The Hall–Kier alpha value is -1.29. The number of hydrogen-bond donors (Lipinski definition) is 3. The van der Waals surface area contributed by atoms with Gasteiger partial charge in [0.05, 0.1) is 12.1 Å². The van der Waals surface area contributed by atoms with E-state index in [1.807, 2.05) is 0 Å². The lowest BCUT2D eigenvalue weighted by atomic mass is 9.93. The number of ether oxygens (including phenoxy) is 1. The molecule has 0 atom stereocenters. The van der Waals surface area contributed by atoms with Crippen LogP contribution in [0, 0.1) is 11.6 Å². The molecule has 118 valence electrons. The summed E-state index contributed by atoms with van der Waals surface area (Å²) in [5, 5.41) is 9.44. The predicted molar refractivity (Wildman–Crippen MR) is 71.0 cm³/mol. The second kappa shape index (κ2) is 5.84. The van der Waals surface area contributed by atoms with Gasteiger partial charge in [0.2, 0.25) is 10.0 Å². The zero-order valence-corrected chi connectivity index (χ0v) is 11.9. The highest BCUT2D eigenvalue weighted by Crippen LogP contribution is 2.26. The Morgan fingerprint density at radius 3 is 2.29 bits per heavy atom. The van der Waals surface area contributed by atoms with Crippen LogP contribution in [0.2, 0.25) is 0 Å². The van der Waals surface area contributed by atoms with Crippen LogP contribution < -0.4 is 10.5 Å². The minimum Gasteiger partial charge on any atom is -0.399 e. The van der Waals surface area contributed by atoms with Gasteiger partial charge in [0.1, 0.15) is 11.6 Å². The van der Waals surface area contributed by atoms with Gasteiger partial charge in [-0.25, -0.2) is 21.9 Å². The molecule has 1 aliphatic rings. The smallest absolute Gasteiger partial charge is 0.247 e. The molecule has 0 unspecified atom stereocenters. The molecule has 1 saturated heterocycles. The predicted octanol–water partition coefficient (Wildman–Crippen LogP) is 0.367. The molecule has 0 amide bonds. The third-order valence-electron chi connectivity index (χ3n) is 3.39. The minimum absolute atomic E-state index is 0.209. The summed E-state index contributed by atoms with van der Waals surface area (Å²) < 4.78 is 59.3. The van der Waals surface area contributed by atoms with Crippen LogP contribution in [0.1, 0.15) is 12.8 Å². The van der Waals surface area contributed by atoms with E-state index in [2.05, 4.69) is 4.72 Å². The van der Waals surface area contributed by atoms with Gasteiger partial charge in [-0.15, -0.1) is 0 Å². The standard InChI is InChI=1S/C12H16F2N2O4S/c13-9-5-8(15)6-10(14)11(9)21(18,19)16-12(7-17)1-3-20-4-2-12/h5-6,16-17H,1-4,7,15H2. The number of halogens is 2. The molecule has 1 heterocycles. The van der Waals surface area contributed by atoms with Crippen molar-refractivity contribution in [1.29, 1.82) is 0 Å². The van der Waals surface area contributed by atoms with E-state index in [1.54, 1.807) is 0 Å². The van der Waals surface area contributed by atoms with Crippen LogP contribution in [0.25, 0.3) is 0 Å². The van der Waals surface area contributed by atoms with Crippen LogP contribution in [-0.4, -0.2) is 38.9 Å². The molecule has 1 aromatic carbocycles. The summed E-state index contributed by atoms with van der Waals surface area (Å²) in [5.41, 5.74) is 3.86. The van der Waals surface area contributed by atoms with Crippen molar-refractivity contribution in [2.24, 2.45) is 0 Å². The summed E-state index contributed by atoms with van der Waals surface area (Å²) in [6.07, 6.45) is 0.419. The van der Waals surface area contributed by atoms with E-state index in [-0.39, 0.29) is 31.7 Å². The van der Waals surface area contributed by atoms with E-state index in [0.29, 0.717) is 0 Å². The molecule has 1 aliphatic heterocycles. The summed E-state index contributed by atoms with van der Waals surface area (Å²) in [6, 6.07) is 1.46. The second-order valence-electron chi connectivity index (χ2n) is 4.97. The van der Waals surface area contributed by atoms with Gasteiger partial charge in [0, 0.05) is 18.9 Å². The minimum atomic E-state index is -4.48. The van der Waals surface area contributed by atoms with E-state index < -0.39 is 38.7 Å². The molecule has 1 aromatic rings. The van der Waals surface area contributed by atoms with Crippen molar-refractivity contribution in [2.75, 3.05) is 25.6 Å².